The van der Waals surface area contributed by atoms with Gasteiger partial charge in [-0.15, -0.1) is 0 Å². The van der Waals surface area contributed by atoms with E-state index >= 15 is 0 Å². The van der Waals surface area contributed by atoms with Gasteiger partial charge in [0.25, 0.3) is 0 Å². The quantitative estimate of drug-likeness (QED) is 0.832. The number of fused-ring (bicyclic) bond motifs is 3. The third-order valence-electron chi connectivity index (χ3n) is 5.29. The van der Waals surface area contributed by atoms with Gasteiger partial charge in [0, 0.05) is 0 Å². The molecular weight excluding hydrogens is 213 g/mol. The summed E-state index contributed by atoms with van der Waals surface area (Å²) in [4.78, 5) is 0. The molecule has 0 aromatic heterocycles. The summed E-state index contributed by atoms with van der Waals surface area (Å²) in [6.45, 7) is 0.840. The van der Waals surface area contributed by atoms with Gasteiger partial charge in [-0.25, -0.2) is 4.39 Å². The molecule has 17 heavy (non-hydrogen) atoms. The van der Waals surface area contributed by atoms with Crippen LogP contribution < -0.4 is 5.73 Å². The molecule has 0 aliphatic heterocycles. The van der Waals surface area contributed by atoms with Gasteiger partial charge >= 0.3 is 0 Å². The van der Waals surface area contributed by atoms with Crippen molar-refractivity contribution in [2.75, 3.05) is 6.54 Å². The summed E-state index contributed by atoms with van der Waals surface area (Å²) in [5.41, 5.74) is 8.02. The second-order valence-corrected chi connectivity index (χ2v) is 5.99. The predicted octanol–water partition coefficient (Wildman–Crippen LogP) is 3.38. The topological polar surface area (TPSA) is 26.0 Å². The van der Waals surface area contributed by atoms with Crippen LogP contribution in [-0.4, -0.2) is 6.54 Å². The average molecular weight is 233 g/mol. The van der Waals surface area contributed by atoms with Crippen molar-refractivity contribution < 1.29 is 4.39 Å². The molecule has 2 heteroatoms. The first-order valence-electron chi connectivity index (χ1n) is 6.64. The molecule has 4 rings (SSSR count). The molecule has 3 saturated carbocycles. The number of rotatable bonds is 2. The second-order valence-electron chi connectivity index (χ2n) is 5.99. The Balaban J connectivity index is 1.88. The first-order valence-corrected chi connectivity index (χ1v) is 6.64. The largest absolute Gasteiger partial charge is 0.330 e. The summed E-state index contributed by atoms with van der Waals surface area (Å²) in [5, 5.41) is 0. The van der Waals surface area contributed by atoms with E-state index in [1.54, 1.807) is 12.1 Å². The van der Waals surface area contributed by atoms with E-state index in [4.69, 9.17) is 5.73 Å². The minimum atomic E-state index is -0.131. The third kappa shape index (κ3) is 1.70. The third-order valence-corrected chi connectivity index (χ3v) is 5.29. The lowest BCUT2D eigenvalue weighted by Crippen LogP contribution is -2.47. The smallest absolute Gasteiger partial charge is 0.123 e. The lowest BCUT2D eigenvalue weighted by molar-refractivity contribution is 0.0471. The summed E-state index contributed by atoms with van der Waals surface area (Å²) >= 11 is 0. The van der Waals surface area contributed by atoms with Crippen molar-refractivity contribution in [3.8, 4) is 0 Å². The average Bonchev–Trinajstić information content (AvgIpc) is 2.41. The monoisotopic (exact) mass is 233 g/mol. The summed E-state index contributed by atoms with van der Waals surface area (Å²) in [6, 6.07) is 7.17. The number of benzene rings is 1. The van der Waals surface area contributed by atoms with Gasteiger partial charge in [-0.05, 0) is 73.6 Å². The van der Waals surface area contributed by atoms with E-state index < -0.39 is 0 Å². The van der Waals surface area contributed by atoms with Crippen LogP contribution in [0.15, 0.2) is 24.3 Å². The van der Waals surface area contributed by atoms with Gasteiger partial charge in [-0.1, -0.05) is 12.1 Å². The van der Waals surface area contributed by atoms with E-state index in [9.17, 15) is 4.39 Å². The van der Waals surface area contributed by atoms with Crippen LogP contribution in [0.4, 0.5) is 4.39 Å². The molecule has 92 valence electrons. The van der Waals surface area contributed by atoms with E-state index in [0.29, 0.717) is 10.8 Å². The Labute approximate surface area is 102 Å². The summed E-state index contributed by atoms with van der Waals surface area (Å²) in [6.07, 6.45) is 7.45. The molecule has 3 aliphatic rings. The van der Waals surface area contributed by atoms with Crippen LogP contribution in [0.3, 0.4) is 0 Å². The molecule has 0 heterocycles. The van der Waals surface area contributed by atoms with Crippen LogP contribution in [-0.2, 0) is 5.41 Å². The second kappa shape index (κ2) is 3.81. The van der Waals surface area contributed by atoms with Gasteiger partial charge < -0.3 is 5.73 Å². The minimum absolute atomic E-state index is 0.131. The lowest BCUT2D eigenvalue weighted by Gasteiger charge is -2.53. The molecule has 2 bridgehead atoms. The number of halogens is 1. The van der Waals surface area contributed by atoms with Crippen molar-refractivity contribution in [3.63, 3.8) is 0 Å². The van der Waals surface area contributed by atoms with Gasteiger partial charge in [0.2, 0.25) is 0 Å². The first kappa shape index (κ1) is 11.2. The maximum atomic E-state index is 13.0. The fraction of sp³-hybridized carbons (Fsp3) is 0.600. The molecule has 0 saturated heterocycles. The van der Waals surface area contributed by atoms with Gasteiger partial charge in [0.15, 0.2) is 0 Å². The number of nitrogens with two attached hydrogens (primary N) is 1. The van der Waals surface area contributed by atoms with E-state index in [-0.39, 0.29) is 5.82 Å². The molecule has 0 spiro atoms. The van der Waals surface area contributed by atoms with Crippen LogP contribution in [0.1, 0.15) is 44.1 Å². The summed E-state index contributed by atoms with van der Waals surface area (Å²) < 4.78 is 13.0. The van der Waals surface area contributed by atoms with Crippen molar-refractivity contribution in [1.29, 1.82) is 0 Å². The minimum Gasteiger partial charge on any atom is -0.330 e. The zero-order chi connectivity index (χ0) is 11.9. The Morgan fingerprint density at radius 2 is 1.47 bits per heavy atom. The molecule has 1 aromatic carbocycles. The summed E-state index contributed by atoms with van der Waals surface area (Å²) in [7, 11) is 0. The maximum Gasteiger partial charge on any atom is 0.123 e. The number of hydrogen-bond donors (Lipinski definition) is 1. The standard InChI is InChI=1S/C15H20FN/c16-13-3-1-12(2-4-13)15-8-5-14(11-17,6-9-15)7-10-15/h1-4H,5-11,17H2. The van der Waals surface area contributed by atoms with Crippen molar-refractivity contribution in [3.05, 3.63) is 35.6 Å². The van der Waals surface area contributed by atoms with E-state index in [0.717, 1.165) is 6.54 Å². The highest BCUT2D eigenvalue weighted by Crippen LogP contribution is 2.57. The van der Waals surface area contributed by atoms with Gasteiger partial charge in [0.1, 0.15) is 5.82 Å². The molecule has 0 radical (unpaired) electrons. The first-order chi connectivity index (χ1) is 8.18. The Bertz CT molecular complexity index is 385. The van der Waals surface area contributed by atoms with E-state index in [1.807, 2.05) is 12.1 Å². The van der Waals surface area contributed by atoms with Crippen molar-refractivity contribution in [1.82, 2.24) is 0 Å². The molecule has 2 N–H and O–H groups in total. The molecule has 3 fully saturated rings. The highest BCUT2D eigenvalue weighted by molar-refractivity contribution is 5.28. The normalized spacial score (nSPS) is 36.1. The zero-order valence-corrected chi connectivity index (χ0v) is 10.2. The number of hydrogen-bond acceptors (Lipinski definition) is 1. The van der Waals surface area contributed by atoms with Gasteiger partial charge in [0.05, 0.1) is 0 Å². The van der Waals surface area contributed by atoms with Crippen LogP contribution >= 0.6 is 0 Å². The SMILES string of the molecule is NCC12CCC(c3ccc(F)cc3)(CC1)CC2. The molecule has 1 nitrogen and oxygen atoms in total. The van der Waals surface area contributed by atoms with Crippen molar-refractivity contribution in [2.24, 2.45) is 11.1 Å². The Morgan fingerprint density at radius 1 is 0.941 bits per heavy atom. The van der Waals surface area contributed by atoms with Crippen LogP contribution in [0.2, 0.25) is 0 Å². The molecule has 1 aromatic rings. The fourth-order valence-electron chi connectivity index (χ4n) is 3.81. The van der Waals surface area contributed by atoms with Crippen LogP contribution in [0.5, 0.6) is 0 Å². The summed E-state index contributed by atoms with van der Waals surface area (Å²) in [5.74, 6) is -0.131. The Hall–Kier alpha value is -0.890. The zero-order valence-electron chi connectivity index (χ0n) is 10.2. The van der Waals surface area contributed by atoms with E-state index in [1.165, 1.54) is 44.1 Å². The Morgan fingerprint density at radius 3 is 1.94 bits per heavy atom. The van der Waals surface area contributed by atoms with Gasteiger partial charge in [-0.3, -0.25) is 0 Å². The van der Waals surface area contributed by atoms with Crippen LogP contribution in [0, 0.1) is 11.2 Å². The molecule has 0 amide bonds. The van der Waals surface area contributed by atoms with E-state index in [2.05, 4.69) is 0 Å². The molecule has 0 unspecified atom stereocenters. The Kier molecular flexibility index (Phi) is 2.51. The highest BCUT2D eigenvalue weighted by Gasteiger charge is 2.48. The molecule has 0 atom stereocenters. The van der Waals surface area contributed by atoms with Gasteiger partial charge in [-0.2, -0.15) is 0 Å². The predicted molar refractivity (Wildman–Crippen MR) is 67.3 cm³/mol. The maximum absolute atomic E-state index is 13.0. The lowest BCUT2D eigenvalue weighted by atomic mass is 9.52. The fourth-order valence-corrected chi connectivity index (χ4v) is 3.81. The highest BCUT2D eigenvalue weighted by atomic mass is 19.1. The van der Waals surface area contributed by atoms with Crippen molar-refractivity contribution in [2.45, 2.75) is 43.9 Å². The van der Waals surface area contributed by atoms with Crippen molar-refractivity contribution >= 4 is 0 Å². The molecular formula is C15H20FN. The van der Waals surface area contributed by atoms with Crippen LogP contribution in [0.25, 0.3) is 0 Å². The molecule has 3 aliphatic carbocycles.